The van der Waals surface area contributed by atoms with E-state index >= 15 is 0 Å². The third kappa shape index (κ3) is 3.69. The number of hydrogen-bond acceptors (Lipinski definition) is 4. The molecule has 1 saturated heterocycles. The van der Waals surface area contributed by atoms with E-state index in [1.807, 2.05) is 22.2 Å². The summed E-state index contributed by atoms with van der Waals surface area (Å²) >= 11 is 1.85. The summed E-state index contributed by atoms with van der Waals surface area (Å²) in [4.78, 5) is 3.97. The van der Waals surface area contributed by atoms with Crippen LogP contribution >= 0.6 is 11.3 Å². The highest BCUT2D eigenvalue weighted by Gasteiger charge is 2.20. The van der Waals surface area contributed by atoms with E-state index in [2.05, 4.69) is 40.6 Å². The lowest BCUT2D eigenvalue weighted by Crippen LogP contribution is -2.44. The fraction of sp³-hybridized carbons (Fsp3) is 0.533. The molecule has 0 N–H and O–H groups in total. The average Bonchev–Trinajstić information content (AvgIpc) is 3.09. The van der Waals surface area contributed by atoms with Crippen molar-refractivity contribution >= 4 is 11.3 Å². The number of morpholine rings is 1. The van der Waals surface area contributed by atoms with E-state index in [0.29, 0.717) is 0 Å². The maximum absolute atomic E-state index is 5.86. The molecule has 0 bridgehead atoms. The topological polar surface area (TPSA) is 30.3 Å². The van der Waals surface area contributed by atoms with E-state index in [9.17, 15) is 0 Å². The monoisotopic (exact) mass is 291 g/mol. The Labute approximate surface area is 124 Å². The molecule has 0 spiro atoms. The zero-order valence-corrected chi connectivity index (χ0v) is 12.7. The molecule has 0 unspecified atom stereocenters. The number of ether oxygens (including phenoxy) is 1. The predicted molar refractivity (Wildman–Crippen MR) is 81.2 cm³/mol. The van der Waals surface area contributed by atoms with Crippen LogP contribution in [0, 0.1) is 6.92 Å². The van der Waals surface area contributed by atoms with Gasteiger partial charge in [-0.1, -0.05) is 6.07 Å². The summed E-state index contributed by atoms with van der Waals surface area (Å²) in [5.41, 5.74) is 1.20. The van der Waals surface area contributed by atoms with Gasteiger partial charge in [-0.25, -0.2) is 0 Å². The minimum absolute atomic E-state index is 0.256. The van der Waals surface area contributed by atoms with Crippen molar-refractivity contribution in [3.05, 3.63) is 40.3 Å². The summed E-state index contributed by atoms with van der Waals surface area (Å²) in [5, 5.41) is 6.49. The van der Waals surface area contributed by atoms with E-state index in [0.717, 1.165) is 39.2 Å². The zero-order chi connectivity index (χ0) is 13.8. The van der Waals surface area contributed by atoms with Gasteiger partial charge in [-0.05, 0) is 30.4 Å². The van der Waals surface area contributed by atoms with Crippen LogP contribution in [-0.2, 0) is 17.7 Å². The highest BCUT2D eigenvalue weighted by molar-refractivity contribution is 7.09. The molecule has 0 saturated carbocycles. The van der Waals surface area contributed by atoms with E-state index in [4.69, 9.17) is 4.74 Å². The Balaban J connectivity index is 1.48. The number of aryl methyl sites for hydroxylation is 1. The van der Waals surface area contributed by atoms with Crippen molar-refractivity contribution < 1.29 is 4.74 Å². The second-order valence-electron chi connectivity index (χ2n) is 5.36. The lowest BCUT2D eigenvalue weighted by Gasteiger charge is -2.32. The van der Waals surface area contributed by atoms with Gasteiger partial charge in [-0.2, -0.15) is 5.10 Å². The third-order valence-corrected chi connectivity index (χ3v) is 4.57. The average molecular weight is 291 g/mol. The maximum Gasteiger partial charge on any atom is 0.0898 e. The van der Waals surface area contributed by atoms with Crippen molar-refractivity contribution in [2.45, 2.75) is 26.0 Å². The first-order valence-corrected chi connectivity index (χ1v) is 8.03. The van der Waals surface area contributed by atoms with Gasteiger partial charge >= 0.3 is 0 Å². The molecule has 1 aliphatic rings. The van der Waals surface area contributed by atoms with Gasteiger partial charge in [-0.3, -0.25) is 9.58 Å². The zero-order valence-electron chi connectivity index (χ0n) is 11.9. The van der Waals surface area contributed by atoms with E-state index in [-0.39, 0.29) is 6.10 Å². The van der Waals surface area contributed by atoms with Crippen LogP contribution in [0.15, 0.2) is 29.9 Å². The number of nitrogens with zero attached hydrogens (tertiary/aromatic N) is 3. The largest absolute Gasteiger partial charge is 0.374 e. The van der Waals surface area contributed by atoms with Crippen molar-refractivity contribution in [2.75, 3.05) is 26.2 Å². The van der Waals surface area contributed by atoms with Crippen LogP contribution in [0.4, 0.5) is 0 Å². The Morgan fingerprint density at radius 2 is 2.45 bits per heavy atom. The fourth-order valence-corrected chi connectivity index (χ4v) is 3.29. The minimum Gasteiger partial charge on any atom is -0.374 e. The van der Waals surface area contributed by atoms with Gasteiger partial charge in [0.15, 0.2) is 0 Å². The predicted octanol–water partition coefficient (Wildman–Crippen LogP) is 2.20. The molecule has 3 heterocycles. The standard InChI is InChI=1S/C15H21N3OS/c1-13-9-16-18(10-13)12-14-11-17(6-7-19-14)5-4-15-3-2-8-20-15/h2-3,8-10,14H,4-7,11-12H2,1H3/t14-/m1/s1. The van der Waals surface area contributed by atoms with Gasteiger partial charge in [0.1, 0.15) is 0 Å². The van der Waals surface area contributed by atoms with E-state index in [1.165, 1.54) is 10.4 Å². The third-order valence-electron chi connectivity index (χ3n) is 3.63. The number of rotatable bonds is 5. The molecule has 1 atom stereocenters. The number of aromatic nitrogens is 2. The Hall–Kier alpha value is -1.17. The van der Waals surface area contributed by atoms with Crippen molar-refractivity contribution in [3.63, 3.8) is 0 Å². The summed E-state index contributed by atoms with van der Waals surface area (Å²) in [5.74, 6) is 0. The quantitative estimate of drug-likeness (QED) is 0.846. The molecule has 0 radical (unpaired) electrons. The highest BCUT2D eigenvalue weighted by atomic mass is 32.1. The molecular weight excluding hydrogens is 270 g/mol. The van der Waals surface area contributed by atoms with Gasteiger partial charge < -0.3 is 4.74 Å². The van der Waals surface area contributed by atoms with Gasteiger partial charge in [-0.15, -0.1) is 11.3 Å². The molecule has 3 rings (SSSR count). The van der Waals surface area contributed by atoms with Crippen LogP contribution in [0.25, 0.3) is 0 Å². The molecule has 108 valence electrons. The first-order chi connectivity index (χ1) is 9.79. The second kappa shape index (κ2) is 6.52. The molecule has 0 amide bonds. The van der Waals surface area contributed by atoms with Crippen molar-refractivity contribution in [3.8, 4) is 0 Å². The van der Waals surface area contributed by atoms with Gasteiger partial charge in [0, 0.05) is 30.7 Å². The van der Waals surface area contributed by atoms with Crippen molar-refractivity contribution in [1.29, 1.82) is 0 Å². The molecule has 4 nitrogen and oxygen atoms in total. The fourth-order valence-electron chi connectivity index (χ4n) is 2.59. The van der Waals surface area contributed by atoms with Gasteiger partial charge in [0.2, 0.25) is 0 Å². The summed E-state index contributed by atoms with van der Waals surface area (Å²) in [6.07, 6.45) is 5.38. The van der Waals surface area contributed by atoms with Crippen LogP contribution in [0.2, 0.25) is 0 Å². The lowest BCUT2D eigenvalue weighted by atomic mass is 10.2. The molecule has 0 aromatic carbocycles. The van der Waals surface area contributed by atoms with E-state index in [1.54, 1.807) is 0 Å². The van der Waals surface area contributed by atoms with Crippen LogP contribution in [0.5, 0.6) is 0 Å². The van der Waals surface area contributed by atoms with E-state index < -0.39 is 0 Å². The Kier molecular flexibility index (Phi) is 4.50. The SMILES string of the molecule is Cc1cnn(C[C@H]2CN(CCc3cccs3)CCO2)c1. The second-order valence-corrected chi connectivity index (χ2v) is 6.39. The molecule has 0 aliphatic carbocycles. The normalized spacial score (nSPS) is 20.4. The van der Waals surface area contributed by atoms with Crippen LogP contribution in [0.1, 0.15) is 10.4 Å². The van der Waals surface area contributed by atoms with Crippen LogP contribution in [-0.4, -0.2) is 47.0 Å². The van der Waals surface area contributed by atoms with Crippen molar-refractivity contribution in [2.24, 2.45) is 0 Å². The molecular formula is C15H21N3OS. The Morgan fingerprint density at radius 3 is 3.20 bits per heavy atom. The summed E-state index contributed by atoms with van der Waals surface area (Å²) < 4.78 is 7.85. The summed E-state index contributed by atoms with van der Waals surface area (Å²) in [6, 6.07) is 4.34. The van der Waals surface area contributed by atoms with Crippen molar-refractivity contribution in [1.82, 2.24) is 14.7 Å². The molecule has 1 aliphatic heterocycles. The minimum atomic E-state index is 0.256. The van der Waals surface area contributed by atoms with Crippen LogP contribution < -0.4 is 0 Å². The first-order valence-electron chi connectivity index (χ1n) is 7.15. The molecule has 20 heavy (non-hydrogen) atoms. The summed E-state index contributed by atoms with van der Waals surface area (Å²) in [6.45, 7) is 6.92. The van der Waals surface area contributed by atoms with Crippen LogP contribution in [0.3, 0.4) is 0 Å². The maximum atomic E-state index is 5.86. The lowest BCUT2D eigenvalue weighted by molar-refractivity contribution is -0.0370. The molecule has 2 aromatic rings. The molecule has 1 fully saturated rings. The first kappa shape index (κ1) is 13.8. The van der Waals surface area contributed by atoms with Gasteiger partial charge in [0.05, 0.1) is 25.5 Å². The molecule has 5 heteroatoms. The Bertz CT molecular complexity index is 523. The summed E-state index contributed by atoms with van der Waals surface area (Å²) in [7, 11) is 0. The number of thiophene rings is 1. The smallest absolute Gasteiger partial charge is 0.0898 e. The van der Waals surface area contributed by atoms with Gasteiger partial charge in [0.25, 0.3) is 0 Å². The highest BCUT2D eigenvalue weighted by Crippen LogP contribution is 2.12. The molecule has 2 aromatic heterocycles. The number of hydrogen-bond donors (Lipinski definition) is 0. The Morgan fingerprint density at radius 1 is 1.50 bits per heavy atom.